The van der Waals surface area contributed by atoms with E-state index >= 15 is 0 Å². The SMILES string of the molecule is CC(C)c1nc(CN(C)C(=O)NC(CC(=O)Nc2ccccn2)C(=O)CC(CCC(Cc2ccccc2)NC(=O)OCc2cncs2)Cc2ccccc2)cs1. The van der Waals surface area contributed by atoms with E-state index in [0.717, 1.165) is 26.7 Å². The van der Waals surface area contributed by atoms with E-state index in [1.165, 1.54) is 16.2 Å². The number of benzene rings is 2. The number of carbonyl (C=O) groups excluding carboxylic acids is 4. The molecule has 0 radical (unpaired) electrons. The van der Waals surface area contributed by atoms with Crippen molar-refractivity contribution in [2.75, 3.05) is 12.4 Å². The van der Waals surface area contributed by atoms with Crippen LogP contribution in [0.2, 0.25) is 0 Å². The number of nitrogens with zero attached hydrogens (tertiary/aromatic N) is 4. The van der Waals surface area contributed by atoms with Crippen LogP contribution in [-0.4, -0.2) is 62.8 Å². The Kier molecular flexibility index (Phi) is 16.1. The zero-order chi connectivity index (χ0) is 39.7. The molecule has 0 spiro atoms. The van der Waals surface area contributed by atoms with Crippen molar-refractivity contribution in [3.05, 3.63) is 129 Å². The number of Topliss-reactive ketones (excluding diaryl/α,β-unsaturated/α-hetero) is 1. The number of anilines is 1. The Balaban J connectivity index is 1.31. The smallest absolute Gasteiger partial charge is 0.407 e. The third-order valence-electron chi connectivity index (χ3n) is 9.07. The molecule has 3 heterocycles. The molecule has 56 heavy (non-hydrogen) atoms. The minimum Gasteiger partial charge on any atom is -0.444 e. The van der Waals surface area contributed by atoms with E-state index in [4.69, 9.17) is 4.74 Å². The van der Waals surface area contributed by atoms with Gasteiger partial charge in [-0.2, -0.15) is 0 Å². The highest BCUT2D eigenvalue weighted by atomic mass is 32.1. The van der Waals surface area contributed by atoms with Crippen LogP contribution >= 0.6 is 22.7 Å². The number of rotatable bonds is 20. The highest BCUT2D eigenvalue weighted by Gasteiger charge is 2.29. The molecule has 5 aromatic rings. The summed E-state index contributed by atoms with van der Waals surface area (Å²) in [5.74, 6) is -0.269. The van der Waals surface area contributed by atoms with Crippen LogP contribution in [0.3, 0.4) is 0 Å². The first kappa shape index (κ1) is 41.7. The molecule has 0 aliphatic heterocycles. The van der Waals surface area contributed by atoms with Crippen LogP contribution in [0, 0.1) is 5.92 Å². The number of ketones is 1. The fourth-order valence-corrected chi connectivity index (χ4v) is 7.50. The first-order valence-electron chi connectivity index (χ1n) is 18.7. The van der Waals surface area contributed by atoms with Gasteiger partial charge < -0.3 is 25.6 Å². The standard InChI is InChI=1S/C42H49N7O5S2/c1-29(2)40-45-34(27-55-40)25-49(3)41(52)47-36(23-39(51)48-38-16-10-11-19-44-38)37(50)22-32(20-30-12-6-4-7-13-30)17-18-33(21-31-14-8-5-9-15-31)46-42(53)54-26-35-24-43-28-56-35/h4-16,19,24,27-29,32-33,36H,17-18,20-23,25-26H2,1-3H3,(H,46,53)(H,47,52)(H,44,48,51). The maximum atomic E-state index is 14.3. The zero-order valence-electron chi connectivity index (χ0n) is 31.9. The number of amides is 4. The summed E-state index contributed by atoms with van der Waals surface area (Å²) >= 11 is 2.96. The number of hydrogen-bond acceptors (Lipinski definition) is 10. The van der Waals surface area contributed by atoms with E-state index in [1.807, 2.05) is 66.0 Å². The molecule has 0 fully saturated rings. The van der Waals surface area contributed by atoms with E-state index in [9.17, 15) is 19.2 Å². The van der Waals surface area contributed by atoms with Crippen LogP contribution in [-0.2, 0) is 40.3 Å². The van der Waals surface area contributed by atoms with Crippen molar-refractivity contribution in [1.82, 2.24) is 30.5 Å². The van der Waals surface area contributed by atoms with Crippen LogP contribution in [0.4, 0.5) is 15.4 Å². The molecule has 2 aromatic carbocycles. The van der Waals surface area contributed by atoms with Gasteiger partial charge in [-0.15, -0.1) is 22.7 Å². The lowest BCUT2D eigenvalue weighted by molar-refractivity contribution is -0.125. The number of ether oxygens (including phenoxy) is 1. The van der Waals surface area contributed by atoms with Crippen LogP contribution < -0.4 is 16.0 Å². The summed E-state index contributed by atoms with van der Waals surface area (Å²) < 4.78 is 5.51. The Morgan fingerprint density at radius 1 is 0.839 bits per heavy atom. The third kappa shape index (κ3) is 14.0. The zero-order valence-corrected chi connectivity index (χ0v) is 33.6. The highest BCUT2D eigenvalue weighted by molar-refractivity contribution is 7.09. The molecule has 3 atom stereocenters. The molecule has 3 unspecified atom stereocenters. The molecule has 294 valence electrons. The van der Waals surface area contributed by atoms with Gasteiger partial charge in [0, 0.05) is 43.2 Å². The summed E-state index contributed by atoms with van der Waals surface area (Å²) in [4.78, 5) is 69.3. The molecule has 12 nitrogen and oxygen atoms in total. The molecule has 3 N–H and O–H groups in total. The number of pyridine rings is 1. The second-order valence-corrected chi connectivity index (χ2v) is 15.9. The van der Waals surface area contributed by atoms with Gasteiger partial charge in [-0.05, 0) is 54.9 Å². The second-order valence-electron chi connectivity index (χ2n) is 14.0. The fourth-order valence-electron chi connectivity index (χ4n) is 6.17. The molecule has 0 bridgehead atoms. The Morgan fingerprint density at radius 2 is 1.55 bits per heavy atom. The maximum Gasteiger partial charge on any atom is 0.407 e. The normalized spacial score (nSPS) is 12.6. The van der Waals surface area contributed by atoms with Crippen molar-refractivity contribution in [2.24, 2.45) is 5.92 Å². The van der Waals surface area contributed by atoms with E-state index < -0.39 is 24.1 Å². The average Bonchev–Trinajstić information content (AvgIpc) is 3.90. The predicted octanol–water partition coefficient (Wildman–Crippen LogP) is 7.79. The van der Waals surface area contributed by atoms with Gasteiger partial charge in [-0.1, -0.05) is 80.6 Å². The van der Waals surface area contributed by atoms with E-state index in [2.05, 4.69) is 44.7 Å². The highest BCUT2D eigenvalue weighted by Crippen LogP contribution is 2.23. The summed E-state index contributed by atoms with van der Waals surface area (Å²) in [5, 5.41) is 11.6. The van der Waals surface area contributed by atoms with Crippen molar-refractivity contribution < 1.29 is 23.9 Å². The number of thiazole rings is 2. The molecule has 4 amide bonds. The molecule has 0 saturated heterocycles. The summed E-state index contributed by atoms with van der Waals surface area (Å²) in [6.45, 7) is 4.50. The van der Waals surface area contributed by atoms with Crippen molar-refractivity contribution >= 4 is 52.3 Å². The van der Waals surface area contributed by atoms with Gasteiger partial charge >= 0.3 is 12.1 Å². The summed E-state index contributed by atoms with van der Waals surface area (Å²) in [7, 11) is 1.64. The molecule has 5 rings (SSSR count). The van der Waals surface area contributed by atoms with Crippen molar-refractivity contribution in [3.63, 3.8) is 0 Å². The Hall–Kier alpha value is -5.47. The largest absolute Gasteiger partial charge is 0.444 e. The predicted molar refractivity (Wildman–Crippen MR) is 219 cm³/mol. The van der Waals surface area contributed by atoms with Crippen molar-refractivity contribution in [2.45, 2.75) is 83.5 Å². The quantitative estimate of drug-likeness (QED) is 0.0721. The van der Waals surface area contributed by atoms with Crippen LogP contribution in [0.1, 0.15) is 72.2 Å². The lowest BCUT2D eigenvalue weighted by Gasteiger charge is -2.25. The first-order chi connectivity index (χ1) is 27.1. The number of urea groups is 1. The van der Waals surface area contributed by atoms with Gasteiger partial charge in [-0.3, -0.25) is 14.6 Å². The summed E-state index contributed by atoms with van der Waals surface area (Å²) in [5.41, 5.74) is 4.55. The summed E-state index contributed by atoms with van der Waals surface area (Å²) in [6.07, 6.45) is 4.82. The lowest BCUT2D eigenvalue weighted by atomic mass is 9.86. The van der Waals surface area contributed by atoms with E-state index in [1.54, 1.807) is 54.5 Å². The van der Waals surface area contributed by atoms with Gasteiger partial charge in [0.25, 0.3) is 0 Å². The Labute approximate surface area is 336 Å². The van der Waals surface area contributed by atoms with E-state index in [-0.39, 0.29) is 49.7 Å². The van der Waals surface area contributed by atoms with Crippen LogP contribution in [0.5, 0.6) is 0 Å². The molecule has 0 aliphatic rings. The molecular weight excluding hydrogens is 747 g/mol. The summed E-state index contributed by atoms with van der Waals surface area (Å²) in [6, 6.07) is 23.1. The van der Waals surface area contributed by atoms with Gasteiger partial charge in [0.1, 0.15) is 12.4 Å². The maximum absolute atomic E-state index is 14.3. The van der Waals surface area contributed by atoms with Gasteiger partial charge in [0.15, 0.2) is 5.78 Å². The fraction of sp³-hybridized carbons (Fsp3) is 0.357. The molecular formula is C42H49N7O5S2. The number of nitrogens with one attached hydrogen (secondary N) is 3. The van der Waals surface area contributed by atoms with E-state index in [0.29, 0.717) is 31.5 Å². The third-order valence-corrected chi connectivity index (χ3v) is 11.0. The monoisotopic (exact) mass is 795 g/mol. The van der Waals surface area contributed by atoms with Gasteiger partial charge in [0.05, 0.1) is 40.1 Å². The number of carbonyl (C=O) groups is 4. The molecule has 0 saturated carbocycles. The average molecular weight is 796 g/mol. The minimum absolute atomic E-state index is 0.0954. The minimum atomic E-state index is -1.10. The number of aromatic nitrogens is 3. The first-order valence-corrected chi connectivity index (χ1v) is 20.4. The Morgan fingerprint density at radius 3 is 2.20 bits per heavy atom. The van der Waals surface area contributed by atoms with Gasteiger partial charge in [0.2, 0.25) is 5.91 Å². The Bertz CT molecular complexity index is 1960. The molecule has 3 aromatic heterocycles. The van der Waals surface area contributed by atoms with Crippen molar-refractivity contribution in [1.29, 1.82) is 0 Å². The van der Waals surface area contributed by atoms with Crippen molar-refractivity contribution in [3.8, 4) is 0 Å². The molecule has 14 heteroatoms. The second kappa shape index (κ2) is 21.6. The van der Waals surface area contributed by atoms with Crippen LogP contribution in [0.15, 0.2) is 102 Å². The topological polar surface area (TPSA) is 156 Å². The number of hydrogen-bond donors (Lipinski definition) is 3. The lowest BCUT2D eigenvalue weighted by Crippen LogP contribution is -2.48. The van der Waals surface area contributed by atoms with Gasteiger partial charge in [-0.25, -0.2) is 19.6 Å². The molecule has 0 aliphatic carbocycles. The van der Waals surface area contributed by atoms with Crippen LogP contribution in [0.25, 0.3) is 0 Å². The number of alkyl carbamates (subject to hydrolysis) is 1.